The molecule has 7 nitrogen and oxygen atoms in total. The molecule has 3 heterocycles. The highest BCUT2D eigenvalue weighted by atomic mass is 32.1. The summed E-state index contributed by atoms with van der Waals surface area (Å²) in [5.74, 6) is 0.832. The van der Waals surface area contributed by atoms with Crippen LogP contribution in [0.1, 0.15) is 52.3 Å². The van der Waals surface area contributed by atoms with Gasteiger partial charge in [-0.2, -0.15) is 0 Å². The van der Waals surface area contributed by atoms with E-state index in [0.717, 1.165) is 40.7 Å². The third kappa shape index (κ3) is 5.70. The average Bonchev–Trinajstić information content (AvgIpc) is 3.57. The average molecular weight is 513 g/mol. The number of hydrogen-bond donors (Lipinski definition) is 1. The number of tetrazole rings is 1. The van der Waals surface area contributed by atoms with Crippen molar-refractivity contribution in [2.75, 3.05) is 0 Å². The van der Waals surface area contributed by atoms with Gasteiger partial charge in [-0.25, -0.2) is 4.68 Å². The lowest BCUT2D eigenvalue weighted by molar-refractivity contribution is 0.162. The van der Waals surface area contributed by atoms with E-state index >= 15 is 0 Å². The van der Waals surface area contributed by atoms with E-state index in [4.69, 9.17) is 0 Å². The molecule has 0 aliphatic rings. The van der Waals surface area contributed by atoms with Gasteiger partial charge in [0.15, 0.2) is 5.82 Å². The first-order chi connectivity index (χ1) is 18.0. The first-order valence-electron chi connectivity index (χ1n) is 12.7. The van der Waals surface area contributed by atoms with Crippen LogP contribution in [0.5, 0.6) is 0 Å². The van der Waals surface area contributed by atoms with Gasteiger partial charge in [-0.3, -0.25) is 9.69 Å². The van der Waals surface area contributed by atoms with Crippen molar-refractivity contribution in [1.29, 1.82) is 0 Å². The van der Waals surface area contributed by atoms with Gasteiger partial charge < -0.3 is 4.98 Å². The summed E-state index contributed by atoms with van der Waals surface area (Å²) in [6, 6.07) is 20.8. The Hall–Kier alpha value is -3.62. The van der Waals surface area contributed by atoms with Crippen LogP contribution in [-0.4, -0.2) is 30.1 Å². The molecule has 37 heavy (non-hydrogen) atoms. The van der Waals surface area contributed by atoms with Crippen LogP contribution in [0.2, 0.25) is 0 Å². The number of fused-ring (bicyclic) bond motifs is 1. The summed E-state index contributed by atoms with van der Waals surface area (Å²) in [4.78, 5) is 19.9. The maximum Gasteiger partial charge on any atom is 0.252 e. The molecular formula is C29H32N6OS. The Morgan fingerprint density at radius 1 is 1.05 bits per heavy atom. The number of thiophene rings is 1. The molecule has 0 unspecified atom stereocenters. The molecule has 5 rings (SSSR count). The second-order valence-corrected chi connectivity index (χ2v) is 10.6. The van der Waals surface area contributed by atoms with E-state index < -0.39 is 0 Å². The highest BCUT2D eigenvalue weighted by Crippen LogP contribution is 2.28. The molecule has 0 amide bonds. The van der Waals surface area contributed by atoms with Crippen LogP contribution < -0.4 is 5.56 Å². The Balaban J connectivity index is 1.47. The summed E-state index contributed by atoms with van der Waals surface area (Å²) < 4.78 is 1.92. The van der Waals surface area contributed by atoms with Gasteiger partial charge in [-0.1, -0.05) is 55.0 Å². The molecule has 2 aromatic carbocycles. The molecule has 0 bridgehead atoms. The third-order valence-corrected chi connectivity index (χ3v) is 7.68. The first kappa shape index (κ1) is 25.0. The van der Waals surface area contributed by atoms with Gasteiger partial charge in [0.25, 0.3) is 5.56 Å². The molecular weight excluding hydrogens is 480 g/mol. The number of benzene rings is 2. The van der Waals surface area contributed by atoms with E-state index in [9.17, 15) is 4.79 Å². The van der Waals surface area contributed by atoms with E-state index in [1.165, 1.54) is 16.0 Å². The molecule has 0 spiro atoms. The molecule has 0 fully saturated rings. The Kier molecular flexibility index (Phi) is 7.58. The predicted molar refractivity (Wildman–Crippen MR) is 149 cm³/mol. The van der Waals surface area contributed by atoms with Crippen molar-refractivity contribution in [3.63, 3.8) is 0 Å². The number of pyridine rings is 1. The Morgan fingerprint density at radius 2 is 1.89 bits per heavy atom. The lowest BCUT2D eigenvalue weighted by atomic mass is 10.0. The smallest absolute Gasteiger partial charge is 0.252 e. The highest BCUT2D eigenvalue weighted by Gasteiger charge is 2.26. The third-order valence-electron chi connectivity index (χ3n) is 6.82. The monoisotopic (exact) mass is 512 g/mol. The van der Waals surface area contributed by atoms with Crippen LogP contribution >= 0.6 is 11.3 Å². The van der Waals surface area contributed by atoms with E-state index in [-0.39, 0.29) is 11.6 Å². The molecule has 8 heteroatoms. The van der Waals surface area contributed by atoms with Gasteiger partial charge >= 0.3 is 0 Å². The topological polar surface area (TPSA) is 79.7 Å². The zero-order valence-electron chi connectivity index (χ0n) is 21.5. The number of aromatic nitrogens is 5. The second kappa shape index (κ2) is 11.2. The van der Waals surface area contributed by atoms with Crippen molar-refractivity contribution >= 4 is 22.2 Å². The summed E-state index contributed by atoms with van der Waals surface area (Å²) in [6.45, 7) is 8.19. The molecule has 1 N–H and O–H groups in total. The Morgan fingerprint density at radius 3 is 2.65 bits per heavy atom. The minimum atomic E-state index is -0.0471. The number of nitrogens with one attached hydrogen (secondary N) is 1. The van der Waals surface area contributed by atoms with E-state index in [0.29, 0.717) is 19.6 Å². The number of hydrogen-bond acceptors (Lipinski definition) is 6. The molecule has 3 aromatic heterocycles. The van der Waals surface area contributed by atoms with Crippen LogP contribution in [-0.2, 0) is 26.1 Å². The molecule has 0 aliphatic heterocycles. The normalized spacial score (nSPS) is 12.4. The van der Waals surface area contributed by atoms with Crippen LogP contribution in [0, 0.1) is 13.8 Å². The van der Waals surface area contributed by atoms with Crippen molar-refractivity contribution in [3.05, 3.63) is 109 Å². The van der Waals surface area contributed by atoms with Gasteiger partial charge in [-0.15, -0.1) is 16.4 Å². The SMILES string of the molecule is CC[C@H](c1nnnn1CCc1ccccc1)N(Cc1cccs1)Cc1cc2cc(C)cc(C)c2[nH]c1=O. The van der Waals surface area contributed by atoms with Crippen molar-refractivity contribution < 1.29 is 0 Å². The lowest BCUT2D eigenvalue weighted by Gasteiger charge is -2.30. The summed E-state index contributed by atoms with van der Waals surface area (Å²) >= 11 is 1.72. The molecule has 0 aliphatic carbocycles. The minimum absolute atomic E-state index is 0.0396. The highest BCUT2D eigenvalue weighted by molar-refractivity contribution is 7.09. The van der Waals surface area contributed by atoms with E-state index in [1.807, 2.05) is 23.7 Å². The number of rotatable bonds is 10. The number of H-pyrrole nitrogens is 1. The first-order valence-corrected chi connectivity index (χ1v) is 13.6. The largest absolute Gasteiger partial charge is 0.321 e. The number of aryl methyl sites for hydroxylation is 4. The van der Waals surface area contributed by atoms with Gasteiger partial charge in [0, 0.05) is 30.1 Å². The van der Waals surface area contributed by atoms with Crippen LogP contribution in [0.4, 0.5) is 0 Å². The summed E-state index contributed by atoms with van der Waals surface area (Å²) in [7, 11) is 0. The quantitative estimate of drug-likeness (QED) is 0.264. The van der Waals surface area contributed by atoms with E-state index in [1.54, 1.807) is 11.3 Å². The predicted octanol–water partition coefficient (Wildman–Crippen LogP) is 5.59. The van der Waals surface area contributed by atoms with Gasteiger partial charge in [0.2, 0.25) is 0 Å². The summed E-state index contributed by atoms with van der Waals surface area (Å²) in [6.07, 6.45) is 1.67. The molecule has 1 atom stereocenters. The zero-order valence-corrected chi connectivity index (χ0v) is 22.3. The minimum Gasteiger partial charge on any atom is -0.321 e. The zero-order chi connectivity index (χ0) is 25.8. The van der Waals surface area contributed by atoms with Crippen molar-refractivity contribution in [2.45, 2.75) is 59.3 Å². The van der Waals surface area contributed by atoms with Gasteiger partial charge in [-0.05, 0) is 77.2 Å². The standard InChI is InChI=1S/C29H32N6OS/c1-4-26(28-31-32-33-35(28)13-12-22-9-6-5-7-10-22)34(19-25-11-8-14-37-25)18-24-17-23-16-20(2)15-21(3)27(23)30-29(24)36/h5-11,14-17,26H,4,12-13,18-19H2,1-3H3,(H,30,36)/t26-/m1/s1. The summed E-state index contributed by atoms with van der Waals surface area (Å²) in [5, 5.41) is 16.0. The van der Waals surface area contributed by atoms with Gasteiger partial charge in [0.05, 0.1) is 11.6 Å². The van der Waals surface area contributed by atoms with Crippen LogP contribution in [0.3, 0.4) is 0 Å². The Bertz CT molecular complexity index is 1520. The summed E-state index contributed by atoms with van der Waals surface area (Å²) in [5.41, 5.74) is 5.12. The van der Waals surface area contributed by atoms with E-state index in [2.05, 4.69) is 93.2 Å². The fraction of sp³-hybridized carbons (Fsp3) is 0.310. The number of aromatic amines is 1. The van der Waals surface area contributed by atoms with Crippen molar-refractivity contribution in [2.24, 2.45) is 0 Å². The van der Waals surface area contributed by atoms with Crippen LogP contribution in [0.25, 0.3) is 10.9 Å². The maximum atomic E-state index is 13.2. The van der Waals surface area contributed by atoms with Crippen LogP contribution in [0.15, 0.2) is 70.8 Å². The Labute approximate surface area is 220 Å². The number of nitrogens with zero attached hydrogens (tertiary/aromatic N) is 5. The molecule has 0 saturated heterocycles. The lowest BCUT2D eigenvalue weighted by Crippen LogP contribution is -2.32. The van der Waals surface area contributed by atoms with Crippen molar-refractivity contribution in [3.8, 4) is 0 Å². The van der Waals surface area contributed by atoms with Gasteiger partial charge in [0.1, 0.15) is 0 Å². The fourth-order valence-electron chi connectivity index (χ4n) is 5.04. The molecule has 190 valence electrons. The fourth-order valence-corrected chi connectivity index (χ4v) is 5.77. The molecule has 0 radical (unpaired) electrons. The second-order valence-electron chi connectivity index (χ2n) is 9.57. The molecule has 0 saturated carbocycles. The molecule has 5 aromatic rings. The maximum absolute atomic E-state index is 13.2. The van der Waals surface area contributed by atoms with Crippen molar-refractivity contribution in [1.82, 2.24) is 30.1 Å².